The molecule has 0 bridgehead atoms. The van der Waals surface area contributed by atoms with Gasteiger partial charge in [0.05, 0.1) is 0 Å². The Labute approximate surface area is 148 Å². The van der Waals surface area contributed by atoms with E-state index in [2.05, 4.69) is 6.58 Å². The van der Waals surface area contributed by atoms with Crippen LogP contribution in [0.2, 0.25) is 0 Å². The summed E-state index contributed by atoms with van der Waals surface area (Å²) < 4.78 is 10.6. The smallest absolute Gasteiger partial charge is 0.320 e. The van der Waals surface area contributed by atoms with Crippen LogP contribution >= 0.6 is 0 Å². The van der Waals surface area contributed by atoms with Crippen molar-refractivity contribution in [2.45, 2.75) is 26.1 Å². The van der Waals surface area contributed by atoms with Gasteiger partial charge in [0.15, 0.2) is 5.92 Å². The van der Waals surface area contributed by atoms with Crippen molar-refractivity contribution in [2.24, 2.45) is 5.92 Å². The normalized spacial score (nSPS) is 10.3. The standard InChI is InChI=1S/C21H22O4/c1-2-3-14-19(20(22)24-15-17-10-6-4-7-11-17)21(23)25-16-18-12-8-5-9-13-18/h2,4-13,19H,1,3,14-16H2. The molecule has 2 rings (SSSR count). The summed E-state index contributed by atoms with van der Waals surface area (Å²) >= 11 is 0. The van der Waals surface area contributed by atoms with Crippen LogP contribution in [0.3, 0.4) is 0 Å². The van der Waals surface area contributed by atoms with Gasteiger partial charge in [-0.15, -0.1) is 6.58 Å². The van der Waals surface area contributed by atoms with Crippen LogP contribution in [0.15, 0.2) is 73.3 Å². The summed E-state index contributed by atoms with van der Waals surface area (Å²) in [6, 6.07) is 18.7. The highest BCUT2D eigenvalue weighted by atomic mass is 16.6. The Bertz CT molecular complexity index is 624. The Kier molecular flexibility index (Phi) is 7.44. The maximum absolute atomic E-state index is 12.3. The average Bonchev–Trinajstić information content (AvgIpc) is 2.66. The van der Waals surface area contributed by atoms with Gasteiger partial charge in [-0.2, -0.15) is 0 Å². The van der Waals surface area contributed by atoms with Gasteiger partial charge >= 0.3 is 11.9 Å². The predicted octanol–water partition coefficient (Wildman–Crippen LogP) is 4.06. The van der Waals surface area contributed by atoms with Crippen molar-refractivity contribution in [3.05, 3.63) is 84.4 Å². The van der Waals surface area contributed by atoms with E-state index in [1.54, 1.807) is 6.08 Å². The van der Waals surface area contributed by atoms with Crippen LogP contribution in [-0.4, -0.2) is 11.9 Å². The average molecular weight is 338 g/mol. The molecule has 0 radical (unpaired) electrons. The van der Waals surface area contributed by atoms with Crippen LogP contribution in [0, 0.1) is 5.92 Å². The van der Waals surface area contributed by atoms with Crippen LogP contribution in [0.25, 0.3) is 0 Å². The van der Waals surface area contributed by atoms with E-state index in [9.17, 15) is 9.59 Å². The lowest BCUT2D eigenvalue weighted by atomic mass is 10.0. The maximum atomic E-state index is 12.3. The second-order valence-corrected chi connectivity index (χ2v) is 5.61. The molecule has 0 amide bonds. The molecule has 0 unspecified atom stereocenters. The number of carbonyl (C=O) groups is 2. The fraction of sp³-hybridized carbons (Fsp3) is 0.238. The number of hydrogen-bond acceptors (Lipinski definition) is 4. The molecule has 2 aromatic rings. The minimum absolute atomic E-state index is 0.135. The zero-order valence-corrected chi connectivity index (χ0v) is 14.1. The number of esters is 2. The first-order valence-corrected chi connectivity index (χ1v) is 8.22. The van der Waals surface area contributed by atoms with Gasteiger partial charge < -0.3 is 9.47 Å². The molecule has 0 fully saturated rings. The SMILES string of the molecule is C=CCCC(C(=O)OCc1ccccc1)C(=O)OCc1ccccc1. The second kappa shape index (κ2) is 10.1. The van der Waals surface area contributed by atoms with Crippen molar-refractivity contribution in [1.29, 1.82) is 0 Å². The zero-order chi connectivity index (χ0) is 17.9. The predicted molar refractivity (Wildman–Crippen MR) is 95.4 cm³/mol. The van der Waals surface area contributed by atoms with E-state index in [1.165, 1.54) is 0 Å². The van der Waals surface area contributed by atoms with Gasteiger partial charge in [0.25, 0.3) is 0 Å². The number of allylic oxidation sites excluding steroid dienone is 1. The highest BCUT2D eigenvalue weighted by Gasteiger charge is 2.29. The van der Waals surface area contributed by atoms with Crippen LogP contribution in [0.4, 0.5) is 0 Å². The van der Waals surface area contributed by atoms with Crippen LogP contribution < -0.4 is 0 Å². The third kappa shape index (κ3) is 6.26. The van der Waals surface area contributed by atoms with E-state index >= 15 is 0 Å². The summed E-state index contributed by atoms with van der Waals surface area (Å²) in [4.78, 5) is 24.6. The van der Waals surface area contributed by atoms with Crippen LogP contribution in [0.5, 0.6) is 0 Å². The fourth-order valence-electron chi connectivity index (χ4n) is 2.28. The Morgan fingerprint density at radius 1 is 0.840 bits per heavy atom. The third-order valence-electron chi connectivity index (χ3n) is 3.68. The molecule has 0 atom stereocenters. The second-order valence-electron chi connectivity index (χ2n) is 5.61. The Hall–Kier alpha value is -2.88. The molecular formula is C21H22O4. The van der Waals surface area contributed by atoms with E-state index in [4.69, 9.17) is 9.47 Å². The molecule has 4 nitrogen and oxygen atoms in total. The number of carbonyl (C=O) groups excluding carboxylic acids is 2. The first-order valence-electron chi connectivity index (χ1n) is 8.22. The van der Waals surface area contributed by atoms with Crippen molar-refractivity contribution in [2.75, 3.05) is 0 Å². The molecule has 0 aliphatic carbocycles. The molecule has 0 N–H and O–H groups in total. The van der Waals surface area contributed by atoms with E-state index in [0.717, 1.165) is 11.1 Å². The zero-order valence-electron chi connectivity index (χ0n) is 14.1. The summed E-state index contributed by atoms with van der Waals surface area (Å²) in [5.74, 6) is -2.07. The van der Waals surface area contributed by atoms with Crippen molar-refractivity contribution in [3.8, 4) is 0 Å². The van der Waals surface area contributed by atoms with E-state index < -0.39 is 17.9 Å². The Balaban J connectivity index is 1.92. The fourth-order valence-corrected chi connectivity index (χ4v) is 2.28. The summed E-state index contributed by atoms with van der Waals surface area (Å²) in [6.45, 7) is 3.90. The molecule has 0 heterocycles. The molecule has 0 aromatic heterocycles. The molecular weight excluding hydrogens is 316 g/mol. The topological polar surface area (TPSA) is 52.6 Å². The summed E-state index contributed by atoms with van der Waals surface area (Å²) in [5, 5.41) is 0. The minimum atomic E-state index is -0.939. The van der Waals surface area contributed by atoms with Gasteiger partial charge in [0.1, 0.15) is 13.2 Å². The van der Waals surface area contributed by atoms with Gasteiger partial charge in [0.2, 0.25) is 0 Å². The van der Waals surface area contributed by atoms with Gasteiger partial charge in [-0.25, -0.2) is 0 Å². The first-order chi connectivity index (χ1) is 12.2. The van der Waals surface area contributed by atoms with Crippen molar-refractivity contribution >= 4 is 11.9 Å². The summed E-state index contributed by atoms with van der Waals surface area (Å²) in [5.41, 5.74) is 1.74. The number of benzene rings is 2. The largest absolute Gasteiger partial charge is 0.460 e. The summed E-state index contributed by atoms with van der Waals surface area (Å²) in [7, 11) is 0. The molecule has 130 valence electrons. The van der Waals surface area contributed by atoms with Gasteiger partial charge in [0, 0.05) is 0 Å². The lowest BCUT2D eigenvalue weighted by Gasteiger charge is -2.15. The van der Waals surface area contributed by atoms with E-state index in [0.29, 0.717) is 12.8 Å². The highest BCUT2D eigenvalue weighted by molar-refractivity contribution is 5.94. The highest BCUT2D eigenvalue weighted by Crippen LogP contribution is 2.15. The molecule has 0 saturated heterocycles. The van der Waals surface area contributed by atoms with Gasteiger partial charge in [-0.3, -0.25) is 9.59 Å². The van der Waals surface area contributed by atoms with E-state index in [1.807, 2.05) is 60.7 Å². The number of rotatable bonds is 9. The Morgan fingerprint density at radius 2 is 1.28 bits per heavy atom. The third-order valence-corrected chi connectivity index (χ3v) is 3.68. The van der Waals surface area contributed by atoms with Crippen molar-refractivity contribution < 1.29 is 19.1 Å². The lowest BCUT2D eigenvalue weighted by molar-refractivity contribution is -0.164. The molecule has 2 aromatic carbocycles. The van der Waals surface area contributed by atoms with Crippen LogP contribution in [-0.2, 0) is 32.3 Å². The number of hydrogen-bond donors (Lipinski definition) is 0. The van der Waals surface area contributed by atoms with Gasteiger partial charge in [-0.05, 0) is 24.0 Å². The summed E-state index contributed by atoms with van der Waals surface area (Å²) in [6.07, 6.45) is 2.53. The molecule has 0 aliphatic heterocycles. The van der Waals surface area contributed by atoms with Gasteiger partial charge in [-0.1, -0.05) is 66.7 Å². The molecule has 4 heteroatoms. The maximum Gasteiger partial charge on any atom is 0.320 e. The molecule has 0 spiro atoms. The molecule has 0 aliphatic rings. The molecule has 25 heavy (non-hydrogen) atoms. The van der Waals surface area contributed by atoms with E-state index in [-0.39, 0.29) is 13.2 Å². The minimum Gasteiger partial charge on any atom is -0.460 e. The lowest BCUT2D eigenvalue weighted by Crippen LogP contribution is -2.28. The van der Waals surface area contributed by atoms with Crippen molar-refractivity contribution in [1.82, 2.24) is 0 Å². The van der Waals surface area contributed by atoms with Crippen molar-refractivity contribution in [3.63, 3.8) is 0 Å². The quantitative estimate of drug-likeness (QED) is 0.393. The Morgan fingerprint density at radius 3 is 1.68 bits per heavy atom. The molecule has 0 saturated carbocycles. The first kappa shape index (κ1) is 18.5. The number of ether oxygens (including phenoxy) is 2. The monoisotopic (exact) mass is 338 g/mol. The van der Waals surface area contributed by atoms with Crippen LogP contribution in [0.1, 0.15) is 24.0 Å².